The first-order chi connectivity index (χ1) is 6.31. The zero-order chi connectivity index (χ0) is 9.94. The third kappa shape index (κ3) is 9.84. The molecule has 0 aromatic carbocycles. The lowest BCUT2D eigenvalue weighted by Gasteiger charge is -2.09. The van der Waals surface area contributed by atoms with E-state index in [1.165, 1.54) is 25.7 Å². The fourth-order valence-corrected chi connectivity index (χ4v) is 1.16. The van der Waals surface area contributed by atoms with Gasteiger partial charge < -0.3 is 10.1 Å². The molecule has 0 fully saturated rings. The van der Waals surface area contributed by atoms with Gasteiger partial charge in [-0.2, -0.15) is 0 Å². The summed E-state index contributed by atoms with van der Waals surface area (Å²) < 4.78 is 5.58. The molecule has 1 unspecified atom stereocenters. The van der Waals surface area contributed by atoms with E-state index in [1.54, 1.807) is 0 Å². The van der Waals surface area contributed by atoms with Crippen molar-refractivity contribution in [3.63, 3.8) is 0 Å². The van der Waals surface area contributed by atoms with Gasteiger partial charge in [-0.15, -0.1) is 0 Å². The second-order valence-electron chi connectivity index (χ2n) is 3.61. The van der Waals surface area contributed by atoms with Gasteiger partial charge in [-0.25, -0.2) is 0 Å². The van der Waals surface area contributed by atoms with Gasteiger partial charge in [-0.1, -0.05) is 19.8 Å². The van der Waals surface area contributed by atoms with E-state index in [2.05, 4.69) is 19.2 Å². The van der Waals surface area contributed by atoms with Crippen LogP contribution in [0.3, 0.4) is 0 Å². The Hall–Kier alpha value is -0.0800. The summed E-state index contributed by atoms with van der Waals surface area (Å²) in [5.74, 6) is 0. The van der Waals surface area contributed by atoms with Crippen LogP contribution in [0.4, 0.5) is 0 Å². The number of unbranched alkanes of at least 4 members (excludes halogenated alkanes) is 3. The minimum atomic E-state index is 0.442. The molecule has 0 aliphatic rings. The van der Waals surface area contributed by atoms with E-state index in [9.17, 15) is 0 Å². The number of hydrogen-bond donors (Lipinski definition) is 1. The highest BCUT2D eigenvalue weighted by atomic mass is 16.5. The topological polar surface area (TPSA) is 21.3 Å². The van der Waals surface area contributed by atoms with Crippen molar-refractivity contribution in [3.05, 3.63) is 0 Å². The monoisotopic (exact) mass is 187 g/mol. The van der Waals surface area contributed by atoms with Crippen LogP contribution >= 0.6 is 0 Å². The molecule has 0 rings (SSSR count). The van der Waals surface area contributed by atoms with Crippen LogP contribution in [-0.4, -0.2) is 26.3 Å². The van der Waals surface area contributed by atoms with Crippen LogP contribution in [0, 0.1) is 0 Å². The van der Waals surface area contributed by atoms with Gasteiger partial charge in [0, 0.05) is 6.61 Å². The fraction of sp³-hybridized carbons (Fsp3) is 1.00. The third-order valence-corrected chi connectivity index (χ3v) is 2.30. The molecule has 0 heterocycles. The highest BCUT2D eigenvalue weighted by molar-refractivity contribution is 4.47. The number of rotatable bonds is 9. The fourth-order valence-electron chi connectivity index (χ4n) is 1.16. The second-order valence-corrected chi connectivity index (χ2v) is 3.61. The summed E-state index contributed by atoms with van der Waals surface area (Å²) in [7, 11) is 2.01. The minimum absolute atomic E-state index is 0.442. The molecule has 0 aromatic heterocycles. The molecule has 0 aromatic rings. The average molecular weight is 187 g/mol. The molecule has 0 saturated carbocycles. The van der Waals surface area contributed by atoms with E-state index < -0.39 is 0 Å². The van der Waals surface area contributed by atoms with Gasteiger partial charge in [0.1, 0.15) is 0 Å². The standard InChI is InChI=1S/C11H25NO/c1-4-11(2)13-10-8-6-5-7-9-12-3/h11-12H,4-10H2,1-3H3. The summed E-state index contributed by atoms with van der Waals surface area (Å²) in [6.07, 6.45) is 6.70. The molecule has 1 N–H and O–H groups in total. The van der Waals surface area contributed by atoms with E-state index in [4.69, 9.17) is 4.74 Å². The van der Waals surface area contributed by atoms with E-state index in [1.807, 2.05) is 7.05 Å². The first-order valence-electron chi connectivity index (χ1n) is 5.57. The van der Waals surface area contributed by atoms with E-state index in [0.717, 1.165) is 19.6 Å². The lowest BCUT2D eigenvalue weighted by Crippen LogP contribution is -2.08. The quantitative estimate of drug-likeness (QED) is 0.560. The lowest BCUT2D eigenvalue weighted by molar-refractivity contribution is 0.0608. The summed E-state index contributed by atoms with van der Waals surface area (Å²) in [6.45, 7) is 6.39. The number of ether oxygens (including phenoxy) is 1. The van der Waals surface area contributed by atoms with Crippen LogP contribution in [-0.2, 0) is 4.74 Å². The Morgan fingerprint density at radius 3 is 2.46 bits per heavy atom. The molecule has 0 amide bonds. The maximum atomic E-state index is 5.58. The van der Waals surface area contributed by atoms with Crippen LogP contribution in [0.5, 0.6) is 0 Å². The van der Waals surface area contributed by atoms with Gasteiger partial charge in [-0.05, 0) is 39.8 Å². The molecule has 2 heteroatoms. The van der Waals surface area contributed by atoms with Crippen molar-refractivity contribution in [2.45, 2.75) is 52.1 Å². The zero-order valence-corrected chi connectivity index (χ0v) is 9.44. The molecule has 2 nitrogen and oxygen atoms in total. The van der Waals surface area contributed by atoms with Crippen molar-refractivity contribution in [2.75, 3.05) is 20.2 Å². The van der Waals surface area contributed by atoms with Gasteiger partial charge in [0.15, 0.2) is 0 Å². The Balaban J connectivity index is 2.91. The van der Waals surface area contributed by atoms with Crippen molar-refractivity contribution in [3.8, 4) is 0 Å². The molecule has 0 radical (unpaired) electrons. The van der Waals surface area contributed by atoms with Gasteiger partial charge in [-0.3, -0.25) is 0 Å². The Morgan fingerprint density at radius 1 is 1.15 bits per heavy atom. The maximum Gasteiger partial charge on any atom is 0.0544 e. The molecule has 0 bridgehead atoms. The predicted octanol–water partition coefficient (Wildman–Crippen LogP) is 2.58. The average Bonchev–Trinajstić information content (AvgIpc) is 2.16. The van der Waals surface area contributed by atoms with Crippen LogP contribution in [0.15, 0.2) is 0 Å². The van der Waals surface area contributed by atoms with E-state index in [0.29, 0.717) is 6.10 Å². The highest BCUT2D eigenvalue weighted by Crippen LogP contribution is 2.02. The van der Waals surface area contributed by atoms with Crippen molar-refractivity contribution in [2.24, 2.45) is 0 Å². The second kappa shape index (κ2) is 10.0. The number of hydrogen-bond acceptors (Lipinski definition) is 2. The summed E-state index contributed by atoms with van der Waals surface area (Å²) in [6, 6.07) is 0. The molecule has 0 aliphatic heterocycles. The molecule has 1 atom stereocenters. The summed E-state index contributed by atoms with van der Waals surface area (Å²) >= 11 is 0. The van der Waals surface area contributed by atoms with Crippen LogP contribution in [0.1, 0.15) is 46.0 Å². The predicted molar refractivity (Wildman–Crippen MR) is 58.1 cm³/mol. The van der Waals surface area contributed by atoms with Crippen LogP contribution < -0.4 is 5.32 Å². The van der Waals surface area contributed by atoms with Crippen LogP contribution in [0.2, 0.25) is 0 Å². The van der Waals surface area contributed by atoms with Crippen molar-refractivity contribution in [1.82, 2.24) is 5.32 Å². The SMILES string of the molecule is CCC(C)OCCCCCCNC. The molecule has 0 saturated heterocycles. The lowest BCUT2D eigenvalue weighted by atomic mass is 10.2. The highest BCUT2D eigenvalue weighted by Gasteiger charge is 1.96. The Kier molecular flexibility index (Phi) is 9.94. The van der Waals surface area contributed by atoms with Gasteiger partial charge >= 0.3 is 0 Å². The van der Waals surface area contributed by atoms with Gasteiger partial charge in [0.2, 0.25) is 0 Å². The Morgan fingerprint density at radius 2 is 1.85 bits per heavy atom. The molecule has 0 spiro atoms. The summed E-state index contributed by atoms with van der Waals surface area (Å²) in [5.41, 5.74) is 0. The maximum absolute atomic E-state index is 5.58. The van der Waals surface area contributed by atoms with Gasteiger partial charge in [0.25, 0.3) is 0 Å². The zero-order valence-electron chi connectivity index (χ0n) is 9.44. The largest absolute Gasteiger partial charge is 0.379 e. The third-order valence-electron chi connectivity index (χ3n) is 2.30. The Bertz CT molecular complexity index is 96.1. The smallest absolute Gasteiger partial charge is 0.0544 e. The molecular weight excluding hydrogens is 162 g/mol. The van der Waals surface area contributed by atoms with Gasteiger partial charge in [0.05, 0.1) is 6.10 Å². The van der Waals surface area contributed by atoms with Crippen molar-refractivity contribution in [1.29, 1.82) is 0 Å². The number of nitrogens with one attached hydrogen (secondary N) is 1. The summed E-state index contributed by atoms with van der Waals surface area (Å²) in [4.78, 5) is 0. The van der Waals surface area contributed by atoms with Crippen molar-refractivity contribution < 1.29 is 4.74 Å². The first-order valence-corrected chi connectivity index (χ1v) is 5.57. The van der Waals surface area contributed by atoms with E-state index in [-0.39, 0.29) is 0 Å². The minimum Gasteiger partial charge on any atom is -0.379 e. The summed E-state index contributed by atoms with van der Waals surface area (Å²) in [5, 5.41) is 3.15. The molecule has 80 valence electrons. The molecular formula is C11H25NO. The van der Waals surface area contributed by atoms with E-state index >= 15 is 0 Å². The molecule has 0 aliphatic carbocycles. The van der Waals surface area contributed by atoms with Crippen LogP contribution in [0.25, 0.3) is 0 Å². The Labute approximate surface area is 83.1 Å². The first kappa shape index (κ1) is 12.9. The normalized spacial score (nSPS) is 13.2. The molecule has 13 heavy (non-hydrogen) atoms. The van der Waals surface area contributed by atoms with Crippen molar-refractivity contribution >= 4 is 0 Å².